The van der Waals surface area contributed by atoms with Gasteiger partial charge in [-0.2, -0.15) is 9.90 Å². The summed E-state index contributed by atoms with van der Waals surface area (Å²) >= 11 is 0. The molecule has 0 spiro atoms. The Morgan fingerprint density at radius 1 is 1.25 bits per heavy atom. The maximum atomic E-state index is 0. The van der Waals surface area contributed by atoms with Crippen LogP contribution in [0, 0.1) is 0 Å². The molecular weight excluding hydrogens is 160 g/mol. The fraction of sp³-hybridized carbons (Fsp3) is 0. The fourth-order valence-corrected chi connectivity index (χ4v) is 0. The molecule has 0 aliphatic rings. The summed E-state index contributed by atoms with van der Waals surface area (Å²) in [6.07, 6.45) is 0. The van der Waals surface area contributed by atoms with Gasteiger partial charge in [0.15, 0.2) is 0 Å². The van der Waals surface area contributed by atoms with Gasteiger partial charge in [0.1, 0.15) is 0 Å². The van der Waals surface area contributed by atoms with E-state index in [1.165, 1.54) is 0 Å². The molecule has 4 heavy (non-hydrogen) atoms. The van der Waals surface area contributed by atoms with Crippen molar-refractivity contribution in [1.29, 1.82) is 0 Å². The van der Waals surface area contributed by atoms with Crippen molar-refractivity contribution in [3.8, 4) is 0 Å². The Balaban J connectivity index is 0. The minimum Gasteiger partial charge on any atom is -1.00 e. The van der Waals surface area contributed by atoms with Crippen molar-refractivity contribution in [3.63, 3.8) is 0 Å². The second-order valence-electron chi connectivity index (χ2n) is 0. The van der Waals surface area contributed by atoms with Gasteiger partial charge in [0, 0.05) is 19.5 Å². The van der Waals surface area contributed by atoms with Crippen LogP contribution in [0.5, 0.6) is 0 Å². The van der Waals surface area contributed by atoms with Crippen molar-refractivity contribution in [2.45, 2.75) is 0 Å². The normalized spacial score (nSPS) is 0. The Labute approximate surface area is 106 Å². The van der Waals surface area contributed by atoms with Crippen LogP contribution in [-0.2, 0) is 19.5 Å². The third kappa shape index (κ3) is 9.07. The molecule has 0 aliphatic heterocycles. The van der Waals surface area contributed by atoms with Crippen molar-refractivity contribution >= 4 is 33.0 Å². The van der Waals surface area contributed by atoms with Crippen LogP contribution in [0.2, 0.25) is 0 Å². The Hall–Kier alpha value is 3.46. The second-order valence-corrected chi connectivity index (χ2v) is 0. The molecule has 0 rings (SSSR count). The smallest absolute Gasteiger partial charge is 1.00 e. The van der Waals surface area contributed by atoms with Gasteiger partial charge in [0.2, 0.25) is 0 Å². The number of rotatable bonds is 0. The zero-order chi connectivity index (χ0) is 0. The van der Waals surface area contributed by atoms with E-state index in [0.29, 0.717) is 0 Å². The molecule has 4 heteroatoms. The summed E-state index contributed by atoms with van der Waals surface area (Å²) < 4.78 is 0. The van der Waals surface area contributed by atoms with Gasteiger partial charge in [0.05, 0.1) is 0 Å². The van der Waals surface area contributed by atoms with Gasteiger partial charge < -0.3 is 4.28 Å². The number of hydrogen-bond donors (Lipinski definition) is 0. The summed E-state index contributed by atoms with van der Waals surface area (Å²) in [5.41, 5.74) is 0. The Morgan fingerprint density at radius 2 is 1.25 bits per heavy atom. The van der Waals surface area contributed by atoms with E-state index in [1.807, 2.05) is 0 Å². The van der Waals surface area contributed by atoms with Crippen LogP contribution in [0.25, 0.3) is 0 Å². The first-order chi connectivity index (χ1) is 0. The van der Waals surface area contributed by atoms with Gasteiger partial charge >= 0.3 is 74.4 Å². The summed E-state index contributed by atoms with van der Waals surface area (Å²) in [5, 5.41) is 0. The Kier molecular flexibility index (Phi) is 105. The van der Waals surface area contributed by atoms with Crippen molar-refractivity contribution < 1.29 is 75.1 Å². The predicted molar refractivity (Wildman–Crippen MR) is 20.2 cm³/mol. The average molecular weight is 166 g/mol. The molecule has 0 nitrogen and oxygen atoms in total. The molecule has 0 radical (unpaired) electrons. The minimum absolute atomic E-state index is 0. The van der Waals surface area contributed by atoms with Gasteiger partial charge in [-0.15, -0.1) is 0 Å². The first-order valence-electron chi connectivity index (χ1n) is 0. The van der Waals surface area contributed by atoms with Crippen molar-refractivity contribution in [2.24, 2.45) is 0 Å². The van der Waals surface area contributed by atoms with Gasteiger partial charge in [-0.1, -0.05) is 0 Å². The van der Waals surface area contributed by atoms with Crippen LogP contribution >= 0.6 is 9.90 Å². The Bertz CT molecular complexity index is 14.9. The predicted octanol–water partition coefficient (Wildman–Crippen LogP) is -2.98. The van der Waals surface area contributed by atoms with Crippen molar-refractivity contribution in [2.75, 3.05) is 0 Å². The SMILES string of the molecule is P.[H-].[H-].[H-].[K+].[Mg+2].[Zn]. The number of hydrogen-bond acceptors (Lipinski definition) is 0. The van der Waals surface area contributed by atoms with E-state index in [2.05, 4.69) is 0 Å². The van der Waals surface area contributed by atoms with Gasteiger partial charge in [-0.05, 0) is 0 Å². The molecule has 0 saturated carbocycles. The largest absolute Gasteiger partial charge is 2.00 e. The summed E-state index contributed by atoms with van der Waals surface area (Å²) in [5.74, 6) is 0. The molecule has 1 atom stereocenters. The van der Waals surface area contributed by atoms with Crippen molar-refractivity contribution in [1.82, 2.24) is 0 Å². The van der Waals surface area contributed by atoms with E-state index in [-0.39, 0.29) is 108 Å². The molecule has 0 amide bonds. The molecule has 0 aliphatic carbocycles. The Morgan fingerprint density at radius 3 is 1.25 bits per heavy atom. The van der Waals surface area contributed by atoms with Gasteiger partial charge in [-0.3, -0.25) is 0 Å². The molecule has 0 heterocycles. The average Bonchev–Trinajstić information content (AvgIpc) is 0. The molecular formula is H6KMgPZn. The van der Waals surface area contributed by atoms with E-state index in [4.69, 9.17) is 0 Å². The van der Waals surface area contributed by atoms with E-state index < -0.39 is 0 Å². The quantitative estimate of drug-likeness (QED) is 0.266. The van der Waals surface area contributed by atoms with Crippen molar-refractivity contribution in [3.05, 3.63) is 0 Å². The van der Waals surface area contributed by atoms with Crippen LogP contribution in [-0.4, -0.2) is 23.1 Å². The van der Waals surface area contributed by atoms with Crippen LogP contribution in [0.4, 0.5) is 0 Å². The van der Waals surface area contributed by atoms with E-state index in [9.17, 15) is 0 Å². The zero-order valence-electron chi connectivity index (χ0n) is 6.12. The van der Waals surface area contributed by atoms with E-state index in [1.54, 1.807) is 0 Å². The first kappa shape index (κ1) is 26.0. The monoisotopic (exact) mass is 164 g/mol. The van der Waals surface area contributed by atoms with E-state index in [0.717, 1.165) is 0 Å². The standard InChI is InChI=1S/K.Mg.H3P.Zn.3H/h;;1H3;;;;/q+1;+2;;;3*-1. The van der Waals surface area contributed by atoms with Gasteiger partial charge in [-0.25, -0.2) is 0 Å². The summed E-state index contributed by atoms with van der Waals surface area (Å²) in [6, 6.07) is 0. The van der Waals surface area contributed by atoms with E-state index >= 15 is 0 Å². The maximum absolute atomic E-state index is 0. The molecule has 0 aromatic heterocycles. The third-order valence-electron chi connectivity index (χ3n) is 0. The summed E-state index contributed by atoms with van der Waals surface area (Å²) in [7, 11) is 0. The van der Waals surface area contributed by atoms with Crippen LogP contribution in [0.3, 0.4) is 0 Å². The first-order valence-corrected chi connectivity index (χ1v) is 0. The summed E-state index contributed by atoms with van der Waals surface area (Å²) in [6.45, 7) is 0. The van der Waals surface area contributed by atoms with Crippen LogP contribution < -0.4 is 51.4 Å². The molecule has 0 fully saturated rings. The zero-order valence-corrected chi connectivity index (χ0v) is 12.0. The molecule has 0 aromatic carbocycles. The third-order valence-corrected chi connectivity index (χ3v) is 0. The maximum Gasteiger partial charge on any atom is 2.00 e. The molecule has 16 valence electrons. The molecule has 0 bridgehead atoms. The molecule has 0 N–H and O–H groups in total. The fourth-order valence-electron chi connectivity index (χ4n) is 0. The van der Waals surface area contributed by atoms with Gasteiger partial charge in [0.25, 0.3) is 0 Å². The summed E-state index contributed by atoms with van der Waals surface area (Å²) in [4.78, 5) is 0. The molecule has 0 aromatic rings. The van der Waals surface area contributed by atoms with Crippen LogP contribution in [0.1, 0.15) is 4.28 Å². The van der Waals surface area contributed by atoms with Crippen LogP contribution in [0.15, 0.2) is 0 Å². The second kappa shape index (κ2) is 16.1. The molecule has 0 saturated heterocycles. The topological polar surface area (TPSA) is 0 Å². The molecule has 1 unspecified atom stereocenters. The minimum atomic E-state index is 0.